The molecule has 2 aromatic carbocycles. The molecule has 3 rings (SSSR count). The molecule has 0 aliphatic rings. The predicted octanol–water partition coefficient (Wildman–Crippen LogP) is 2.53. The van der Waals surface area contributed by atoms with Crippen LogP contribution in [0.25, 0.3) is 20.2 Å². The molecule has 0 bridgehead atoms. The number of hydrogen-bond acceptors (Lipinski definition) is 5. The molecule has 1 aromatic heterocycles. The van der Waals surface area contributed by atoms with Crippen molar-refractivity contribution in [3.8, 4) is 17.2 Å². The molecule has 0 atom stereocenters. The monoisotopic (exact) mass is 260 g/mol. The van der Waals surface area contributed by atoms with Gasteiger partial charge in [0.05, 0.1) is 5.39 Å². The zero-order valence-electron chi connectivity index (χ0n) is 9.04. The minimum absolute atomic E-state index is 0.0361. The third-order valence-corrected chi connectivity index (χ3v) is 3.91. The lowest BCUT2D eigenvalue weighted by molar-refractivity contribution is 0.371. The Morgan fingerprint density at radius 2 is 1.67 bits per heavy atom. The molecule has 0 saturated carbocycles. The van der Waals surface area contributed by atoms with Crippen LogP contribution in [-0.2, 0) is 0 Å². The molecule has 90 valence electrons. The third kappa shape index (κ3) is 1.34. The topological polar surface area (TPSA) is 77.8 Å². The van der Waals surface area contributed by atoms with E-state index < -0.39 is 17.2 Å². The molecule has 0 aliphatic carbocycles. The fraction of sp³-hybridized carbons (Fsp3) is 0. The van der Waals surface area contributed by atoms with Crippen LogP contribution in [0.2, 0.25) is 0 Å². The van der Waals surface area contributed by atoms with Crippen molar-refractivity contribution < 1.29 is 15.3 Å². The van der Waals surface area contributed by atoms with Gasteiger partial charge in [0.15, 0.2) is 16.9 Å². The molecule has 1 heterocycles. The average Bonchev–Trinajstić information content (AvgIpc) is 2.36. The Morgan fingerprint density at radius 1 is 0.944 bits per heavy atom. The van der Waals surface area contributed by atoms with Crippen LogP contribution < -0.4 is 5.43 Å². The summed E-state index contributed by atoms with van der Waals surface area (Å²) < 4.78 is 1.20. The molecule has 18 heavy (non-hydrogen) atoms. The molecule has 0 radical (unpaired) electrons. The highest BCUT2D eigenvalue weighted by Crippen LogP contribution is 2.41. The van der Waals surface area contributed by atoms with E-state index >= 15 is 0 Å². The average molecular weight is 260 g/mol. The van der Waals surface area contributed by atoms with Gasteiger partial charge in [-0.1, -0.05) is 12.1 Å². The standard InChI is InChI=1S/C13H8O4S/c14-7-5-9-10(13(17)12(7)16)11(15)6-3-1-2-4-8(6)18-9/h1-5,14,16-17H. The summed E-state index contributed by atoms with van der Waals surface area (Å²) in [4.78, 5) is 12.2. The van der Waals surface area contributed by atoms with Gasteiger partial charge in [0.25, 0.3) is 0 Å². The third-order valence-electron chi connectivity index (χ3n) is 2.80. The Morgan fingerprint density at radius 3 is 2.44 bits per heavy atom. The van der Waals surface area contributed by atoms with E-state index in [0.717, 1.165) is 4.70 Å². The highest BCUT2D eigenvalue weighted by atomic mass is 32.1. The molecule has 3 N–H and O–H groups in total. The van der Waals surface area contributed by atoms with Crippen molar-refractivity contribution >= 4 is 31.5 Å². The molecule has 3 aromatic rings. The molecule has 0 aliphatic heterocycles. The van der Waals surface area contributed by atoms with Gasteiger partial charge in [0.2, 0.25) is 5.75 Å². The maximum atomic E-state index is 12.2. The van der Waals surface area contributed by atoms with Gasteiger partial charge in [-0.05, 0) is 12.1 Å². The summed E-state index contributed by atoms with van der Waals surface area (Å²) >= 11 is 1.27. The van der Waals surface area contributed by atoms with Crippen LogP contribution in [0.15, 0.2) is 35.1 Å². The molecular weight excluding hydrogens is 252 g/mol. The second-order valence-electron chi connectivity index (χ2n) is 3.89. The van der Waals surface area contributed by atoms with E-state index in [1.165, 1.54) is 17.4 Å². The Labute approximate surface area is 105 Å². The van der Waals surface area contributed by atoms with Gasteiger partial charge in [-0.3, -0.25) is 4.79 Å². The van der Waals surface area contributed by atoms with Gasteiger partial charge in [0.1, 0.15) is 0 Å². The van der Waals surface area contributed by atoms with E-state index in [-0.39, 0.29) is 10.8 Å². The number of phenols is 3. The molecule has 0 fully saturated rings. The smallest absolute Gasteiger partial charge is 0.201 e. The Balaban J connectivity index is 2.65. The van der Waals surface area contributed by atoms with Crippen molar-refractivity contribution in [2.45, 2.75) is 0 Å². The van der Waals surface area contributed by atoms with Gasteiger partial charge in [-0.15, -0.1) is 11.3 Å². The first kappa shape index (κ1) is 10.9. The lowest BCUT2D eigenvalue weighted by atomic mass is 10.1. The number of hydrogen-bond donors (Lipinski definition) is 3. The first-order chi connectivity index (χ1) is 8.59. The van der Waals surface area contributed by atoms with E-state index in [4.69, 9.17) is 0 Å². The van der Waals surface area contributed by atoms with E-state index in [1.807, 2.05) is 6.07 Å². The van der Waals surface area contributed by atoms with Gasteiger partial charge in [0, 0.05) is 20.9 Å². The predicted molar refractivity (Wildman–Crippen MR) is 70.6 cm³/mol. The summed E-state index contributed by atoms with van der Waals surface area (Å²) in [6.07, 6.45) is 0. The van der Waals surface area contributed by atoms with Crippen LogP contribution in [0.1, 0.15) is 0 Å². The van der Waals surface area contributed by atoms with E-state index in [2.05, 4.69) is 0 Å². The minimum Gasteiger partial charge on any atom is -0.504 e. The SMILES string of the molecule is O=c1c2ccccc2sc2cc(O)c(O)c(O)c12. The Kier molecular flexibility index (Phi) is 2.18. The van der Waals surface area contributed by atoms with Crippen LogP contribution in [0.3, 0.4) is 0 Å². The normalized spacial score (nSPS) is 11.1. The summed E-state index contributed by atoms with van der Waals surface area (Å²) in [5.74, 6) is -1.68. The number of rotatable bonds is 0. The second kappa shape index (κ2) is 3.61. The van der Waals surface area contributed by atoms with Crippen molar-refractivity contribution in [1.82, 2.24) is 0 Å². The molecule has 4 nitrogen and oxygen atoms in total. The highest BCUT2D eigenvalue weighted by molar-refractivity contribution is 7.24. The summed E-state index contributed by atoms with van der Waals surface area (Å²) in [5, 5.41) is 29.2. The number of benzene rings is 2. The quantitative estimate of drug-likeness (QED) is 0.429. The van der Waals surface area contributed by atoms with Crippen LogP contribution >= 0.6 is 11.3 Å². The highest BCUT2D eigenvalue weighted by Gasteiger charge is 2.16. The van der Waals surface area contributed by atoms with Crippen molar-refractivity contribution in [3.05, 3.63) is 40.6 Å². The number of aromatic hydroxyl groups is 3. The van der Waals surface area contributed by atoms with E-state index in [0.29, 0.717) is 10.1 Å². The molecule has 5 heteroatoms. The van der Waals surface area contributed by atoms with Gasteiger partial charge >= 0.3 is 0 Å². The van der Waals surface area contributed by atoms with Crippen LogP contribution in [0.5, 0.6) is 17.2 Å². The van der Waals surface area contributed by atoms with Crippen molar-refractivity contribution in [2.24, 2.45) is 0 Å². The summed E-state index contributed by atoms with van der Waals surface area (Å²) in [6, 6.07) is 8.28. The second-order valence-corrected chi connectivity index (χ2v) is 4.98. The number of phenolic OH excluding ortho intramolecular Hbond substituents is 3. The first-order valence-corrected chi connectivity index (χ1v) is 6.00. The maximum Gasteiger partial charge on any atom is 0.201 e. The molecule has 0 saturated heterocycles. The number of fused-ring (bicyclic) bond motifs is 2. The van der Waals surface area contributed by atoms with Gasteiger partial charge < -0.3 is 15.3 Å². The zero-order valence-corrected chi connectivity index (χ0v) is 9.86. The Hall–Kier alpha value is -2.27. The molecular formula is C13H8O4S. The van der Waals surface area contributed by atoms with Crippen LogP contribution in [0, 0.1) is 0 Å². The molecule has 0 spiro atoms. The lowest BCUT2D eigenvalue weighted by Crippen LogP contribution is -2.01. The molecule has 0 amide bonds. The fourth-order valence-corrected chi connectivity index (χ4v) is 3.03. The van der Waals surface area contributed by atoms with Crippen molar-refractivity contribution in [1.29, 1.82) is 0 Å². The minimum atomic E-state index is -0.665. The fourth-order valence-electron chi connectivity index (χ4n) is 1.92. The lowest BCUT2D eigenvalue weighted by Gasteiger charge is -2.06. The maximum absolute atomic E-state index is 12.2. The zero-order chi connectivity index (χ0) is 12.9. The van der Waals surface area contributed by atoms with Crippen LogP contribution in [0.4, 0.5) is 0 Å². The summed E-state index contributed by atoms with van der Waals surface area (Å²) in [6.45, 7) is 0. The largest absolute Gasteiger partial charge is 0.504 e. The Bertz CT molecular complexity index is 836. The van der Waals surface area contributed by atoms with Crippen LogP contribution in [-0.4, -0.2) is 15.3 Å². The van der Waals surface area contributed by atoms with Crippen molar-refractivity contribution in [3.63, 3.8) is 0 Å². The van der Waals surface area contributed by atoms with Gasteiger partial charge in [-0.2, -0.15) is 0 Å². The van der Waals surface area contributed by atoms with Crippen molar-refractivity contribution in [2.75, 3.05) is 0 Å². The van der Waals surface area contributed by atoms with E-state index in [9.17, 15) is 20.1 Å². The van der Waals surface area contributed by atoms with Gasteiger partial charge in [-0.25, -0.2) is 0 Å². The first-order valence-electron chi connectivity index (χ1n) is 5.19. The van der Waals surface area contributed by atoms with E-state index in [1.54, 1.807) is 18.2 Å². The summed E-state index contributed by atoms with van der Waals surface area (Å²) in [7, 11) is 0. The molecule has 0 unspecified atom stereocenters. The summed E-state index contributed by atoms with van der Waals surface area (Å²) in [5.41, 5.74) is -0.354.